The first-order valence-corrected chi connectivity index (χ1v) is 33.6. The average molecular weight is 1330 g/mol. The van der Waals surface area contributed by atoms with Crippen molar-refractivity contribution in [1.82, 2.24) is 55.4 Å². The minimum absolute atomic E-state index is 0.0127. The number of fused-ring (bicyclic) bond motifs is 2. The maximum Gasteiger partial charge on any atom is 0.355 e. The highest BCUT2D eigenvalue weighted by atomic mass is 32.1. The number of β-amino-alcohol motifs (C(OH)–C–C–N with tert-alkyl or cyclic N) is 1. The molecule has 2 unspecified atom stereocenters. The van der Waals surface area contributed by atoms with Gasteiger partial charge in [0.05, 0.1) is 52.1 Å². The molecule has 1 aliphatic carbocycles. The van der Waals surface area contributed by atoms with Crippen molar-refractivity contribution in [3.8, 4) is 33.8 Å². The number of aliphatic hydroxyl groups is 1. The Balaban J connectivity index is 0.615. The maximum atomic E-state index is 15.4. The quantitative estimate of drug-likeness (QED) is 0.0299. The predicted octanol–water partition coefficient (Wildman–Crippen LogP) is 8.08. The van der Waals surface area contributed by atoms with Gasteiger partial charge in [-0.15, -0.1) is 32.9 Å². The lowest BCUT2D eigenvalue weighted by molar-refractivity contribution is -0.145. The number of aliphatic hydroxyl groups excluding tert-OH is 1. The molecule has 22 nitrogen and oxygen atoms in total. The largest absolute Gasteiger partial charge is 0.492 e. The molecule has 7 heterocycles. The second-order valence-electron chi connectivity index (χ2n) is 25.0. The summed E-state index contributed by atoms with van der Waals surface area (Å²) in [4.78, 5) is 90.9. The number of para-hydroxylation sites is 1. The van der Waals surface area contributed by atoms with Crippen LogP contribution in [0.3, 0.4) is 0 Å². The fourth-order valence-corrected chi connectivity index (χ4v) is 14.3. The average Bonchev–Trinajstić information content (AvgIpc) is 1.77. The van der Waals surface area contributed by atoms with Crippen molar-refractivity contribution in [3.63, 3.8) is 0 Å². The van der Waals surface area contributed by atoms with Gasteiger partial charge in [0.2, 0.25) is 17.7 Å². The molecule has 0 bridgehead atoms. The van der Waals surface area contributed by atoms with Crippen molar-refractivity contribution in [2.75, 3.05) is 89.4 Å². The molecule has 1 saturated carbocycles. The van der Waals surface area contributed by atoms with Gasteiger partial charge in [0.1, 0.15) is 24.4 Å². The molecule has 490 valence electrons. The van der Waals surface area contributed by atoms with Crippen LogP contribution in [0.4, 0.5) is 30.7 Å². The molecule has 2 saturated heterocycles. The Morgan fingerprint density at radius 2 is 1.73 bits per heavy atom. The third kappa shape index (κ3) is 15.7. The second kappa shape index (κ2) is 28.5. The number of likely N-dealkylation sites (tertiary alicyclic amines) is 1. The number of carbonyl (C=O) groups excluding carboxylic acids is 4. The number of likely N-dealkylation sites (N-methyl/N-ethyl adjacent to an activating group) is 1. The number of alkyl halides is 1. The van der Waals surface area contributed by atoms with E-state index in [1.165, 1.54) is 45.0 Å². The number of carbonyl (C=O) groups is 5. The molecule has 3 fully saturated rings. The molecule has 27 heteroatoms. The summed E-state index contributed by atoms with van der Waals surface area (Å²) in [5.41, 5.74) is 4.64. The van der Waals surface area contributed by atoms with Gasteiger partial charge in [-0.1, -0.05) is 68.2 Å². The summed E-state index contributed by atoms with van der Waals surface area (Å²) in [5.74, 6) is 4.38. The van der Waals surface area contributed by atoms with E-state index < -0.39 is 58.8 Å². The molecule has 7 aromatic rings. The van der Waals surface area contributed by atoms with Crippen LogP contribution in [0.5, 0.6) is 11.5 Å². The van der Waals surface area contributed by atoms with E-state index in [2.05, 4.69) is 57.8 Å². The lowest BCUT2D eigenvalue weighted by atomic mass is 9.85. The van der Waals surface area contributed by atoms with Gasteiger partial charge in [0.15, 0.2) is 44.8 Å². The Bertz CT molecular complexity index is 3970. The summed E-state index contributed by atoms with van der Waals surface area (Å²) in [6.07, 6.45) is 1.55. The smallest absolute Gasteiger partial charge is 0.355 e. The van der Waals surface area contributed by atoms with E-state index in [4.69, 9.17) is 9.47 Å². The first kappa shape index (κ1) is 66.2. The zero-order chi connectivity index (χ0) is 65.7. The van der Waals surface area contributed by atoms with Gasteiger partial charge in [-0.2, -0.15) is 0 Å². The highest BCUT2D eigenvalue weighted by Crippen LogP contribution is 2.42. The van der Waals surface area contributed by atoms with Crippen molar-refractivity contribution >= 4 is 95.7 Å². The van der Waals surface area contributed by atoms with Crippen molar-refractivity contribution in [2.45, 2.75) is 110 Å². The van der Waals surface area contributed by atoms with Crippen LogP contribution in [0.1, 0.15) is 96.2 Å². The summed E-state index contributed by atoms with van der Waals surface area (Å²) in [5, 5.41) is 40.1. The lowest BCUT2D eigenvalue weighted by Gasteiger charge is -2.35. The lowest BCUT2D eigenvalue weighted by Crippen LogP contribution is -2.59. The van der Waals surface area contributed by atoms with Crippen molar-refractivity contribution in [2.24, 2.45) is 5.41 Å². The van der Waals surface area contributed by atoms with Crippen LogP contribution >= 0.6 is 34.0 Å². The first-order chi connectivity index (χ1) is 44.6. The number of carboxylic acids is 1. The molecule has 4 aliphatic rings. The standard InChI is InChI=1S/C66H75F2N13O9S3/c1-39-45-13-10-24-80(58(45)76-75-57(39)74-63-71-47-14-7-8-15-51(47)92-63)64-72-54(61(86)87)52(93-64)16-11-30-89-49-20-17-41(32-46(49)67)12-9-23-78-25-27-79(28-26-78)53(83)37-77(6)29-31-90-50-33-42(55-40(2)70-38-91-55)18-19-43(50)35-69-59(84)48-34-44(82)36-81(48)60(85)56(65(3,4)5)73-62(88)66(68)21-22-66/h7-8,14-15,17-20,32-33,38,44,48,56,82H,10-11,13,16,21-31,34-37H2,1-6H3,(H,69,84)(H,73,88)(H,86,87)(H,71,74,75)/t44-,48?,56?/m1/s1. The molecule has 0 spiro atoms. The van der Waals surface area contributed by atoms with Gasteiger partial charge < -0.3 is 50.3 Å². The van der Waals surface area contributed by atoms with E-state index in [0.29, 0.717) is 97.2 Å². The molecule has 3 atom stereocenters. The van der Waals surface area contributed by atoms with Crippen molar-refractivity contribution < 1.29 is 52.4 Å². The van der Waals surface area contributed by atoms with Crippen LogP contribution in [0.2, 0.25) is 0 Å². The van der Waals surface area contributed by atoms with Gasteiger partial charge >= 0.3 is 5.97 Å². The second-order valence-corrected chi connectivity index (χ2v) is 27.9. The molecule has 3 aliphatic heterocycles. The summed E-state index contributed by atoms with van der Waals surface area (Å²) in [6, 6.07) is 16.0. The Hall–Kier alpha value is -8.26. The Morgan fingerprint density at radius 1 is 0.946 bits per heavy atom. The normalized spacial score (nSPS) is 17.4. The number of anilines is 4. The van der Waals surface area contributed by atoms with E-state index in [-0.39, 0.29) is 69.5 Å². The number of hydrogen-bond donors (Lipinski definition) is 5. The van der Waals surface area contributed by atoms with Gasteiger partial charge in [-0.3, -0.25) is 29.0 Å². The van der Waals surface area contributed by atoms with Crippen LogP contribution in [0.25, 0.3) is 20.7 Å². The minimum atomic E-state index is -2.00. The molecule has 11 rings (SSSR count). The maximum absolute atomic E-state index is 15.4. The number of hydrogen-bond acceptors (Lipinski definition) is 20. The van der Waals surface area contributed by atoms with E-state index in [1.54, 1.807) is 38.4 Å². The van der Waals surface area contributed by atoms with Crippen LogP contribution in [0.15, 0.2) is 66.2 Å². The zero-order valence-corrected chi connectivity index (χ0v) is 55.2. The SMILES string of the molecule is Cc1ncsc1-c1ccc(CNC(=O)C2C[C@@H](O)CN2C(=O)C(NC(=O)C2(F)CC2)C(C)(C)C)c(OCCN(C)CC(=O)N2CCN(CC#Cc3ccc(OCCCc4sc(N5CCCc6c5nnc(Nc5nc7ccccc7s5)c6C)nc4C(=O)O)c(F)c3)CC2)c1. The number of nitrogens with one attached hydrogen (secondary N) is 3. The van der Waals surface area contributed by atoms with Crippen LogP contribution in [-0.2, 0) is 38.6 Å². The molecular formula is C66H75F2N13O9S3. The number of ether oxygens (including phenoxy) is 2. The van der Waals surface area contributed by atoms with Gasteiger partial charge in [-0.25, -0.2) is 28.5 Å². The van der Waals surface area contributed by atoms with Gasteiger partial charge in [0.25, 0.3) is 5.91 Å². The molecule has 3 aromatic carbocycles. The van der Waals surface area contributed by atoms with Gasteiger partial charge in [0, 0.05) is 85.9 Å². The number of aromatic carboxylic acids is 1. The third-order valence-electron chi connectivity index (χ3n) is 17.0. The summed E-state index contributed by atoms with van der Waals surface area (Å²) in [7, 11) is 1.84. The minimum Gasteiger partial charge on any atom is -0.492 e. The Morgan fingerprint density at radius 3 is 2.46 bits per heavy atom. The highest BCUT2D eigenvalue weighted by molar-refractivity contribution is 7.22. The predicted molar refractivity (Wildman–Crippen MR) is 352 cm³/mol. The third-order valence-corrected chi connectivity index (χ3v) is 20.1. The Labute approximate surface area is 549 Å². The number of aryl methyl sites for hydroxylation is 2. The molecule has 5 N–H and O–H groups in total. The monoisotopic (exact) mass is 1330 g/mol. The number of piperazine rings is 1. The number of halogens is 2. The fourth-order valence-electron chi connectivity index (χ4n) is 11.5. The van der Waals surface area contributed by atoms with Crippen LogP contribution in [-0.4, -0.2) is 188 Å². The number of carboxylic acid groups (broad SMARTS) is 1. The Kier molecular flexibility index (Phi) is 20.3. The molecule has 4 amide bonds. The molecule has 93 heavy (non-hydrogen) atoms. The summed E-state index contributed by atoms with van der Waals surface area (Å²) < 4.78 is 43.4. The summed E-state index contributed by atoms with van der Waals surface area (Å²) in [6.45, 7) is 13.3. The summed E-state index contributed by atoms with van der Waals surface area (Å²) >= 11 is 4.32. The fraction of sp³-hybridized carbons (Fsp3) is 0.455. The topological polar surface area (TPSA) is 261 Å². The highest BCUT2D eigenvalue weighted by Gasteiger charge is 2.53. The number of benzene rings is 3. The van der Waals surface area contributed by atoms with E-state index in [1.807, 2.05) is 78.1 Å². The van der Waals surface area contributed by atoms with Crippen LogP contribution < -0.4 is 30.3 Å². The first-order valence-electron chi connectivity index (χ1n) is 31.1. The zero-order valence-electron chi connectivity index (χ0n) is 52.7. The molecular weight excluding hydrogens is 1250 g/mol. The number of nitrogens with zero attached hydrogens (tertiary/aromatic N) is 10. The molecule has 0 radical (unpaired) electrons. The number of rotatable bonds is 23. The number of amides is 4. The van der Waals surface area contributed by atoms with E-state index in [9.17, 15) is 38.6 Å². The van der Waals surface area contributed by atoms with E-state index in [0.717, 1.165) is 55.5 Å². The van der Waals surface area contributed by atoms with Gasteiger partial charge in [-0.05, 0) is 107 Å². The number of aromatic nitrogens is 5. The van der Waals surface area contributed by atoms with E-state index >= 15 is 4.39 Å². The number of thiazole rings is 3. The van der Waals surface area contributed by atoms with Crippen molar-refractivity contribution in [3.05, 3.63) is 111 Å². The van der Waals surface area contributed by atoms with Crippen molar-refractivity contribution in [1.29, 1.82) is 0 Å². The molecule has 4 aromatic heterocycles. The van der Waals surface area contributed by atoms with Crippen LogP contribution in [0, 0.1) is 36.9 Å².